The summed E-state index contributed by atoms with van der Waals surface area (Å²) < 4.78 is 11.5. The normalized spacial score (nSPS) is 13.4. The van der Waals surface area contributed by atoms with Gasteiger partial charge >= 0.3 is 0 Å². The molecule has 5 nitrogen and oxygen atoms in total. The Morgan fingerprint density at radius 1 is 1.20 bits per heavy atom. The van der Waals surface area contributed by atoms with Crippen LogP contribution >= 0.6 is 0 Å². The molecule has 0 aliphatic rings. The Morgan fingerprint density at radius 2 is 2.00 bits per heavy atom. The van der Waals surface area contributed by atoms with Crippen LogP contribution in [0.5, 0.6) is 5.75 Å². The molecule has 0 bridgehead atoms. The number of nitrogens with one attached hydrogen (secondary N) is 1. The van der Waals surface area contributed by atoms with E-state index < -0.39 is 5.60 Å². The minimum Gasteiger partial charge on any atom is -0.491 e. The van der Waals surface area contributed by atoms with Crippen molar-refractivity contribution < 1.29 is 14.3 Å². The van der Waals surface area contributed by atoms with E-state index in [9.17, 15) is 4.79 Å². The van der Waals surface area contributed by atoms with E-state index in [1.807, 2.05) is 45.0 Å². The third kappa shape index (κ3) is 4.48. The van der Waals surface area contributed by atoms with Gasteiger partial charge in [-0.25, -0.2) is 0 Å². The highest BCUT2D eigenvalue weighted by molar-refractivity contribution is 6.05. The van der Waals surface area contributed by atoms with Gasteiger partial charge in [-0.15, -0.1) is 0 Å². The fourth-order valence-corrected chi connectivity index (χ4v) is 2.89. The maximum absolute atomic E-state index is 12.8. The van der Waals surface area contributed by atoms with Gasteiger partial charge in [-0.1, -0.05) is 20.3 Å². The molecular formula is C20H28N2O3. The molecule has 0 saturated carbocycles. The fraction of sp³-hybridized carbons (Fsp3) is 0.500. The number of hydrogen-bond donors (Lipinski definition) is 1. The number of benzene rings is 1. The number of hydrogen-bond acceptors (Lipinski definition) is 4. The second-order valence-electron chi connectivity index (χ2n) is 6.23. The van der Waals surface area contributed by atoms with Gasteiger partial charge in [0.05, 0.1) is 12.3 Å². The number of carbonyl (C=O) groups excluding carboxylic acids is 1. The molecule has 1 atom stereocenters. The van der Waals surface area contributed by atoms with Crippen LogP contribution in [0.25, 0.3) is 10.9 Å². The van der Waals surface area contributed by atoms with E-state index in [4.69, 9.17) is 9.47 Å². The van der Waals surface area contributed by atoms with Gasteiger partial charge in [0.2, 0.25) is 0 Å². The van der Waals surface area contributed by atoms with E-state index in [0.29, 0.717) is 19.6 Å². The quantitative estimate of drug-likeness (QED) is 0.724. The van der Waals surface area contributed by atoms with Crippen molar-refractivity contribution in [2.75, 3.05) is 18.5 Å². The van der Waals surface area contributed by atoms with Crippen molar-refractivity contribution in [3.63, 3.8) is 0 Å². The number of rotatable bonds is 9. The number of aromatic nitrogens is 1. The highest BCUT2D eigenvalue weighted by Crippen LogP contribution is 2.31. The summed E-state index contributed by atoms with van der Waals surface area (Å²) in [6.07, 6.45) is 4.20. The molecule has 1 amide bonds. The zero-order valence-electron chi connectivity index (χ0n) is 15.6. The van der Waals surface area contributed by atoms with Crippen LogP contribution in [0.3, 0.4) is 0 Å². The van der Waals surface area contributed by atoms with Crippen molar-refractivity contribution in [3.05, 3.63) is 30.5 Å². The van der Waals surface area contributed by atoms with Crippen molar-refractivity contribution in [2.45, 2.75) is 52.6 Å². The summed E-state index contributed by atoms with van der Waals surface area (Å²) in [6, 6.07) is 7.52. The molecule has 1 aromatic heterocycles. The number of fused-ring (bicyclic) bond motifs is 1. The lowest BCUT2D eigenvalue weighted by molar-refractivity contribution is -0.139. The molecule has 1 heterocycles. The van der Waals surface area contributed by atoms with Crippen molar-refractivity contribution >= 4 is 22.5 Å². The largest absolute Gasteiger partial charge is 0.491 e. The molecule has 0 saturated heterocycles. The minimum atomic E-state index is -0.838. The molecule has 0 spiro atoms. The maximum atomic E-state index is 12.8. The Morgan fingerprint density at radius 3 is 2.68 bits per heavy atom. The second kappa shape index (κ2) is 8.81. The van der Waals surface area contributed by atoms with Gasteiger partial charge < -0.3 is 14.8 Å². The first-order chi connectivity index (χ1) is 12.1. The fourth-order valence-electron chi connectivity index (χ4n) is 2.89. The van der Waals surface area contributed by atoms with Gasteiger partial charge in [0.15, 0.2) is 0 Å². The average molecular weight is 344 g/mol. The summed E-state index contributed by atoms with van der Waals surface area (Å²) in [6.45, 7) is 8.98. The zero-order chi connectivity index (χ0) is 18.3. The molecule has 136 valence electrons. The van der Waals surface area contributed by atoms with Crippen molar-refractivity contribution in [1.82, 2.24) is 4.98 Å². The molecular weight excluding hydrogens is 316 g/mol. The molecule has 0 aliphatic carbocycles. The Bertz CT molecular complexity index is 709. The third-order valence-corrected chi connectivity index (χ3v) is 4.11. The molecule has 1 unspecified atom stereocenters. The SMILES string of the molecule is CCCOc1ccc(NC(=O)C(C)(CCC)OCC)c2cccnc12. The third-order valence-electron chi connectivity index (χ3n) is 4.11. The van der Waals surface area contributed by atoms with E-state index in [0.717, 1.165) is 35.2 Å². The molecule has 0 fully saturated rings. The molecule has 0 aliphatic heterocycles. The number of carbonyl (C=O) groups is 1. The van der Waals surface area contributed by atoms with Gasteiger partial charge in [0, 0.05) is 18.2 Å². The summed E-state index contributed by atoms with van der Waals surface area (Å²) in [5, 5.41) is 3.88. The summed E-state index contributed by atoms with van der Waals surface area (Å²) >= 11 is 0. The van der Waals surface area contributed by atoms with Crippen LogP contribution < -0.4 is 10.1 Å². The number of amides is 1. The minimum absolute atomic E-state index is 0.136. The lowest BCUT2D eigenvalue weighted by Crippen LogP contribution is -2.42. The molecule has 2 aromatic rings. The van der Waals surface area contributed by atoms with Gasteiger partial charge in [-0.3, -0.25) is 9.78 Å². The van der Waals surface area contributed by atoms with Crippen molar-refractivity contribution in [2.24, 2.45) is 0 Å². The van der Waals surface area contributed by atoms with E-state index >= 15 is 0 Å². The molecule has 1 aromatic carbocycles. The predicted octanol–water partition coefficient (Wildman–Crippen LogP) is 4.56. The number of pyridine rings is 1. The van der Waals surface area contributed by atoms with E-state index in [-0.39, 0.29) is 5.91 Å². The summed E-state index contributed by atoms with van der Waals surface area (Å²) in [5.74, 6) is 0.597. The summed E-state index contributed by atoms with van der Waals surface area (Å²) in [5.41, 5.74) is 0.636. The zero-order valence-corrected chi connectivity index (χ0v) is 15.6. The topological polar surface area (TPSA) is 60.5 Å². The first-order valence-electron chi connectivity index (χ1n) is 9.01. The molecule has 0 radical (unpaired) electrons. The molecule has 5 heteroatoms. The van der Waals surface area contributed by atoms with Crippen LogP contribution in [0.15, 0.2) is 30.5 Å². The van der Waals surface area contributed by atoms with Gasteiger partial charge in [0.25, 0.3) is 5.91 Å². The molecule has 2 rings (SSSR count). The molecule has 25 heavy (non-hydrogen) atoms. The van der Waals surface area contributed by atoms with Crippen LogP contribution in [-0.4, -0.2) is 29.7 Å². The first kappa shape index (κ1) is 19.2. The van der Waals surface area contributed by atoms with Gasteiger partial charge in [-0.05, 0) is 51.0 Å². The molecule has 1 N–H and O–H groups in total. The highest BCUT2D eigenvalue weighted by Gasteiger charge is 2.33. The van der Waals surface area contributed by atoms with Gasteiger partial charge in [0.1, 0.15) is 16.9 Å². The standard InChI is InChI=1S/C20H28N2O3/c1-5-12-20(4,25-7-3)19(23)22-16-10-11-17(24-14-6-2)18-15(16)9-8-13-21-18/h8-11,13H,5-7,12,14H2,1-4H3,(H,22,23). The lowest BCUT2D eigenvalue weighted by atomic mass is 9.98. The predicted molar refractivity (Wildman–Crippen MR) is 101 cm³/mol. The summed E-state index contributed by atoms with van der Waals surface area (Å²) in [4.78, 5) is 17.3. The average Bonchev–Trinajstić information content (AvgIpc) is 2.61. The Hall–Kier alpha value is -2.14. The van der Waals surface area contributed by atoms with E-state index in [1.54, 1.807) is 6.20 Å². The smallest absolute Gasteiger partial charge is 0.256 e. The highest BCUT2D eigenvalue weighted by atomic mass is 16.5. The number of nitrogens with zero attached hydrogens (tertiary/aromatic N) is 1. The number of anilines is 1. The Balaban J connectivity index is 2.33. The van der Waals surface area contributed by atoms with Crippen molar-refractivity contribution in [1.29, 1.82) is 0 Å². The van der Waals surface area contributed by atoms with Crippen LogP contribution in [0, 0.1) is 0 Å². The van der Waals surface area contributed by atoms with Crippen LogP contribution in [0.1, 0.15) is 47.0 Å². The van der Waals surface area contributed by atoms with E-state index in [2.05, 4.69) is 17.2 Å². The maximum Gasteiger partial charge on any atom is 0.256 e. The Labute approximate surface area is 149 Å². The van der Waals surface area contributed by atoms with E-state index in [1.165, 1.54) is 0 Å². The monoisotopic (exact) mass is 344 g/mol. The van der Waals surface area contributed by atoms with Gasteiger partial charge in [-0.2, -0.15) is 0 Å². The van der Waals surface area contributed by atoms with Crippen LogP contribution in [0.4, 0.5) is 5.69 Å². The second-order valence-corrected chi connectivity index (χ2v) is 6.23. The van der Waals surface area contributed by atoms with Crippen LogP contribution in [0.2, 0.25) is 0 Å². The summed E-state index contributed by atoms with van der Waals surface area (Å²) in [7, 11) is 0. The Kier molecular flexibility index (Phi) is 6.76. The van der Waals surface area contributed by atoms with Crippen molar-refractivity contribution in [3.8, 4) is 5.75 Å². The van der Waals surface area contributed by atoms with Crippen LogP contribution in [-0.2, 0) is 9.53 Å². The lowest BCUT2D eigenvalue weighted by Gasteiger charge is -2.28. The number of ether oxygens (including phenoxy) is 2. The first-order valence-corrected chi connectivity index (χ1v) is 9.01.